The molecule has 0 bridgehead atoms. The molecule has 6 nitrogen and oxygen atoms in total. The molecule has 0 atom stereocenters. The highest BCUT2D eigenvalue weighted by molar-refractivity contribution is 5.89. The molecule has 2 aromatic carbocycles. The molecule has 0 spiro atoms. The Morgan fingerprint density at radius 1 is 1.03 bits per heavy atom. The summed E-state index contributed by atoms with van der Waals surface area (Å²) >= 11 is 0. The van der Waals surface area contributed by atoms with Crippen LogP contribution in [0.1, 0.15) is 37.7 Å². The number of fused-ring (bicyclic) bond motifs is 2. The van der Waals surface area contributed by atoms with E-state index < -0.39 is 5.41 Å². The molecule has 0 unspecified atom stereocenters. The first-order valence-corrected chi connectivity index (χ1v) is 11.4. The second-order valence-corrected chi connectivity index (χ2v) is 8.44. The fourth-order valence-corrected chi connectivity index (χ4v) is 4.78. The fourth-order valence-electron chi connectivity index (χ4n) is 4.78. The van der Waals surface area contributed by atoms with Gasteiger partial charge in [0, 0.05) is 18.1 Å². The number of amides is 1. The number of ether oxygens (including phenoxy) is 3. The lowest BCUT2D eigenvalue weighted by atomic mass is 9.77. The van der Waals surface area contributed by atoms with Crippen LogP contribution in [0.4, 0.5) is 0 Å². The Kier molecular flexibility index (Phi) is 5.84. The Morgan fingerprint density at radius 3 is 2.72 bits per heavy atom. The van der Waals surface area contributed by atoms with Gasteiger partial charge in [-0.1, -0.05) is 37.1 Å². The number of pyridine rings is 1. The number of para-hydroxylation sites is 1. The summed E-state index contributed by atoms with van der Waals surface area (Å²) in [6.45, 7) is 2.20. The second-order valence-electron chi connectivity index (χ2n) is 8.44. The van der Waals surface area contributed by atoms with Gasteiger partial charge < -0.3 is 19.5 Å². The van der Waals surface area contributed by atoms with Crippen LogP contribution in [0.2, 0.25) is 0 Å². The van der Waals surface area contributed by atoms with Crippen LogP contribution >= 0.6 is 0 Å². The summed E-state index contributed by atoms with van der Waals surface area (Å²) in [7, 11) is 0. The van der Waals surface area contributed by atoms with Crippen molar-refractivity contribution in [2.24, 2.45) is 0 Å². The minimum atomic E-state index is -0.490. The zero-order valence-electron chi connectivity index (χ0n) is 18.1. The lowest BCUT2D eigenvalue weighted by molar-refractivity contribution is -0.126. The Morgan fingerprint density at radius 2 is 1.84 bits per heavy atom. The molecule has 5 rings (SSSR count). The van der Waals surface area contributed by atoms with Gasteiger partial charge in [0.05, 0.1) is 12.0 Å². The number of nitrogens with zero attached hydrogens (tertiary/aromatic N) is 1. The van der Waals surface area contributed by atoms with Crippen molar-refractivity contribution in [1.29, 1.82) is 0 Å². The number of hydrogen-bond donors (Lipinski definition) is 1. The summed E-state index contributed by atoms with van der Waals surface area (Å²) in [5.41, 5.74) is 1.40. The normalized spacial score (nSPS) is 16.6. The van der Waals surface area contributed by atoms with Crippen LogP contribution in [0.15, 0.2) is 54.7 Å². The quantitative estimate of drug-likeness (QED) is 0.561. The largest absolute Gasteiger partial charge is 0.491 e. The molecule has 6 heteroatoms. The first kappa shape index (κ1) is 20.6. The Hall–Kier alpha value is -3.28. The van der Waals surface area contributed by atoms with E-state index in [4.69, 9.17) is 14.2 Å². The molecule has 1 fully saturated rings. The van der Waals surface area contributed by atoms with E-state index in [1.165, 1.54) is 0 Å². The zero-order valence-corrected chi connectivity index (χ0v) is 18.1. The van der Waals surface area contributed by atoms with Gasteiger partial charge in [-0.15, -0.1) is 0 Å². The maximum atomic E-state index is 13.3. The number of carbonyl (C=O) groups is 1. The summed E-state index contributed by atoms with van der Waals surface area (Å²) in [5.74, 6) is 2.37. The van der Waals surface area contributed by atoms with Crippen molar-refractivity contribution in [3.05, 3.63) is 60.3 Å². The molecule has 166 valence electrons. The van der Waals surface area contributed by atoms with E-state index in [1.807, 2.05) is 48.5 Å². The predicted octanol–water partition coefficient (Wildman–Crippen LogP) is 4.40. The van der Waals surface area contributed by atoms with E-state index in [0.29, 0.717) is 26.4 Å². The fraction of sp³-hybridized carbons (Fsp3) is 0.385. The van der Waals surface area contributed by atoms with Crippen LogP contribution in [0, 0.1) is 0 Å². The van der Waals surface area contributed by atoms with Crippen molar-refractivity contribution in [1.82, 2.24) is 10.3 Å². The molecule has 1 aliphatic carbocycles. The van der Waals surface area contributed by atoms with Crippen LogP contribution in [-0.4, -0.2) is 37.3 Å². The van der Waals surface area contributed by atoms with Crippen LogP contribution in [0.3, 0.4) is 0 Å². The number of carbonyl (C=O) groups excluding carboxylic acids is 1. The van der Waals surface area contributed by atoms with Gasteiger partial charge in [0.2, 0.25) is 5.91 Å². The van der Waals surface area contributed by atoms with Crippen LogP contribution < -0.4 is 19.5 Å². The summed E-state index contributed by atoms with van der Waals surface area (Å²) in [6, 6.07) is 15.8. The van der Waals surface area contributed by atoms with E-state index in [-0.39, 0.29) is 5.91 Å². The van der Waals surface area contributed by atoms with E-state index in [1.54, 1.807) is 6.20 Å². The molecule has 2 heterocycles. The van der Waals surface area contributed by atoms with Crippen molar-refractivity contribution in [2.75, 3.05) is 26.4 Å². The average molecular weight is 433 g/mol. The minimum Gasteiger partial charge on any atom is -0.491 e. The van der Waals surface area contributed by atoms with Crippen LogP contribution in [0.5, 0.6) is 17.2 Å². The maximum absolute atomic E-state index is 13.3. The van der Waals surface area contributed by atoms with Crippen molar-refractivity contribution >= 4 is 16.8 Å². The maximum Gasteiger partial charge on any atom is 0.230 e. The average Bonchev–Trinajstić information content (AvgIpc) is 3.35. The summed E-state index contributed by atoms with van der Waals surface area (Å²) in [6.07, 6.45) is 6.33. The topological polar surface area (TPSA) is 69.7 Å². The Balaban J connectivity index is 1.20. The first-order chi connectivity index (χ1) is 15.8. The highest BCUT2D eigenvalue weighted by atomic mass is 16.6. The number of nitrogens with one attached hydrogen (secondary N) is 1. The van der Waals surface area contributed by atoms with Gasteiger partial charge in [0.25, 0.3) is 0 Å². The van der Waals surface area contributed by atoms with Gasteiger partial charge >= 0.3 is 0 Å². The molecule has 2 aliphatic rings. The van der Waals surface area contributed by atoms with Crippen LogP contribution in [-0.2, 0) is 10.2 Å². The van der Waals surface area contributed by atoms with E-state index in [0.717, 1.165) is 65.8 Å². The molecule has 3 aromatic rings. The molecule has 1 aromatic heterocycles. The van der Waals surface area contributed by atoms with Crippen molar-refractivity contribution in [3.63, 3.8) is 0 Å². The van der Waals surface area contributed by atoms with Gasteiger partial charge in [0.15, 0.2) is 11.5 Å². The van der Waals surface area contributed by atoms with Gasteiger partial charge in [-0.05, 0) is 49.1 Å². The van der Waals surface area contributed by atoms with Crippen molar-refractivity contribution < 1.29 is 19.0 Å². The first-order valence-electron chi connectivity index (χ1n) is 11.4. The van der Waals surface area contributed by atoms with E-state index in [2.05, 4.69) is 10.3 Å². The second kappa shape index (κ2) is 9.07. The summed E-state index contributed by atoms with van der Waals surface area (Å²) in [4.78, 5) is 17.7. The van der Waals surface area contributed by atoms with Gasteiger partial charge in [0.1, 0.15) is 24.5 Å². The van der Waals surface area contributed by atoms with Crippen molar-refractivity contribution in [3.8, 4) is 17.2 Å². The van der Waals surface area contributed by atoms with Gasteiger partial charge in [-0.25, -0.2) is 0 Å². The van der Waals surface area contributed by atoms with Crippen molar-refractivity contribution in [2.45, 2.75) is 37.5 Å². The molecule has 1 aliphatic heterocycles. The standard InChI is InChI=1S/C26H28N2O4/c29-25(28-14-5-15-30-22-8-3-6-19-7-4-13-27-24(19)22)26(11-1-2-12-26)20-9-10-21-23(18-20)32-17-16-31-21/h3-4,6-10,13,18H,1-2,5,11-12,14-17H2,(H,28,29). The minimum absolute atomic E-state index is 0.0958. The van der Waals surface area contributed by atoms with Gasteiger partial charge in [-0.2, -0.15) is 0 Å². The van der Waals surface area contributed by atoms with E-state index >= 15 is 0 Å². The zero-order chi connectivity index (χ0) is 21.8. The third kappa shape index (κ3) is 3.97. The Bertz CT molecular complexity index is 1100. The number of benzene rings is 2. The monoisotopic (exact) mass is 432 g/mol. The molecule has 0 radical (unpaired) electrons. The molecule has 1 N–H and O–H groups in total. The summed E-state index contributed by atoms with van der Waals surface area (Å²) < 4.78 is 17.4. The molecule has 1 saturated carbocycles. The summed E-state index contributed by atoms with van der Waals surface area (Å²) in [5, 5.41) is 4.22. The third-order valence-electron chi connectivity index (χ3n) is 6.45. The SMILES string of the molecule is O=C(NCCCOc1cccc2cccnc12)C1(c2ccc3c(c2)OCCO3)CCCC1. The lowest BCUT2D eigenvalue weighted by Crippen LogP contribution is -2.43. The Labute approximate surface area is 187 Å². The predicted molar refractivity (Wildman–Crippen MR) is 122 cm³/mol. The highest BCUT2D eigenvalue weighted by Crippen LogP contribution is 2.44. The molecular formula is C26H28N2O4. The van der Waals surface area contributed by atoms with Crippen LogP contribution in [0.25, 0.3) is 10.9 Å². The number of hydrogen-bond acceptors (Lipinski definition) is 5. The molecular weight excluding hydrogens is 404 g/mol. The highest BCUT2D eigenvalue weighted by Gasteiger charge is 2.43. The molecule has 1 amide bonds. The molecule has 32 heavy (non-hydrogen) atoms. The lowest BCUT2D eigenvalue weighted by Gasteiger charge is -2.30. The van der Waals surface area contributed by atoms with Gasteiger partial charge in [-0.3, -0.25) is 9.78 Å². The number of rotatable bonds is 7. The molecule has 0 saturated heterocycles. The van der Waals surface area contributed by atoms with E-state index in [9.17, 15) is 4.79 Å². The number of aromatic nitrogens is 1. The smallest absolute Gasteiger partial charge is 0.230 e. The third-order valence-corrected chi connectivity index (χ3v) is 6.45.